The van der Waals surface area contributed by atoms with Crippen molar-refractivity contribution in [2.24, 2.45) is 0 Å². The lowest BCUT2D eigenvalue weighted by atomic mass is 9.85. The maximum atomic E-state index is 5.60. The Morgan fingerprint density at radius 1 is 1.11 bits per heavy atom. The molecule has 3 heteroatoms. The van der Waals surface area contributed by atoms with Gasteiger partial charge in [-0.25, -0.2) is 0 Å². The molecule has 2 nitrogen and oxygen atoms in total. The van der Waals surface area contributed by atoms with E-state index in [1.807, 2.05) is 12.1 Å². The van der Waals surface area contributed by atoms with Crippen LogP contribution in [0.15, 0.2) is 45.5 Å². The number of nitrogens with one attached hydrogen (secondary N) is 1. The van der Waals surface area contributed by atoms with E-state index in [0.717, 1.165) is 16.1 Å². The second-order valence-electron chi connectivity index (χ2n) is 5.80. The molecule has 1 aromatic carbocycles. The molecule has 1 N–H and O–H groups in total. The Morgan fingerprint density at radius 2 is 1.79 bits per heavy atom. The van der Waals surface area contributed by atoms with Crippen LogP contribution >= 0.6 is 15.9 Å². The third kappa shape index (κ3) is 3.41. The fourth-order valence-electron chi connectivity index (χ4n) is 2.13. The number of furan rings is 1. The third-order valence-corrected chi connectivity index (χ3v) is 3.55. The van der Waals surface area contributed by atoms with Crippen LogP contribution in [-0.2, 0) is 5.41 Å². The Balaban J connectivity index is 2.24. The SMILES string of the molecule is CC(Nc1ccccc1C(C)(C)C)c1ccc(Br)o1. The van der Waals surface area contributed by atoms with Crippen molar-refractivity contribution >= 4 is 21.6 Å². The summed E-state index contributed by atoms with van der Waals surface area (Å²) in [4.78, 5) is 0. The predicted molar refractivity (Wildman–Crippen MR) is 83.6 cm³/mol. The highest BCUT2D eigenvalue weighted by atomic mass is 79.9. The zero-order valence-corrected chi connectivity index (χ0v) is 13.4. The molecule has 0 fully saturated rings. The molecular formula is C16H20BrNO. The topological polar surface area (TPSA) is 25.2 Å². The molecule has 2 aromatic rings. The van der Waals surface area contributed by atoms with Crippen LogP contribution in [-0.4, -0.2) is 0 Å². The first-order valence-corrected chi connectivity index (χ1v) is 7.28. The van der Waals surface area contributed by atoms with Gasteiger partial charge in [0.1, 0.15) is 5.76 Å². The summed E-state index contributed by atoms with van der Waals surface area (Å²) >= 11 is 3.34. The van der Waals surface area contributed by atoms with E-state index in [0.29, 0.717) is 0 Å². The highest BCUT2D eigenvalue weighted by Gasteiger charge is 2.19. The van der Waals surface area contributed by atoms with E-state index < -0.39 is 0 Å². The molecule has 0 radical (unpaired) electrons. The molecule has 1 unspecified atom stereocenters. The summed E-state index contributed by atoms with van der Waals surface area (Å²) in [6.07, 6.45) is 0. The Morgan fingerprint density at radius 3 is 2.37 bits per heavy atom. The summed E-state index contributed by atoms with van der Waals surface area (Å²) in [5.41, 5.74) is 2.59. The van der Waals surface area contributed by atoms with Gasteiger partial charge in [0.15, 0.2) is 4.67 Å². The summed E-state index contributed by atoms with van der Waals surface area (Å²) in [6.45, 7) is 8.77. The van der Waals surface area contributed by atoms with Crippen LogP contribution in [0.25, 0.3) is 0 Å². The van der Waals surface area contributed by atoms with E-state index in [9.17, 15) is 0 Å². The van der Waals surface area contributed by atoms with E-state index in [1.54, 1.807) is 0 Å². The molecule has 0 saturated heterocycles. The van der Waals surface area contributed by atoms with Gasteiger partial charge in [-0.1, -0.05) is 39.0 Å². The normalized spacial score (nSPS) is 13.3. The van der Waals surface area contributed by atoms with Crippen molar-refractivity contribution < 1.29 is 4.42 Å². The largest absolute Gasteiger partial charge is 0.452 e. The fourth-order valence-corrected chi connectivity index (χ4v) is 2.45. The standard InChI is InChI=1S/C16H20BrNO/c1-11(14-9-10-15(17)19-14)18-13-8-6-5-7-12(13)16(2,3)4/h5-11,18H,1-4H3. The van der Waals surface area contributed by atoms with E-state index in [1.165, 1.54) is 5.56 Å². The van der Waals surface area contributed by atoms with Gasteiger partial charge in [-0.05, 0) is 52.0 Å². The van der Waals surface area contributed by atoms with Crippen molar-refractivity contribution in [2.45, 2.75) is 39.2 Å². The molecule has 19 heavy (non-hydrogen) atoms. The Labute approximate surface area is 123 Å². The zero-order valence-electron chi connectivity index (χ0n) is 11.8. The number of para-hydroxylation sites is 1. The van der Waals surface area contributed by atoms with Crippen LogP contribution in [0.1, 0.15) is 45.1 Å². The number of benzene rings is 1. The molecule has 2 rings (SSSR count). The maximum Gasteiger partial charge on any atom is 0.169 e. The monoisotopic (exact) mass is 321 g/mol. The molecule has 0 bridgehead atoms. The minimum absolute atomic E-state index is 0.118. The zero-order chi connectivity index (χ0) is 14.0. The first-order chi connectivity index (χ1) is 8.88. The van der Waals surface area contributed by atoms with Gasteiger partial charge in [0, 0.05) is 5.69 Å². The van der Waals surface area contributed by atoms with E-state index in [4.69, 9.17) is 4.42 Å². The smallest absolute Gasteiger partial charge is 0.169 e. The molecule has 0 spiro atoms. The lowest BCUT2D eigenvalue weighted by Crippen LogP contribution is -2.16. The lowest BCUT2D eigenvalue weighted by molar-refractivity contribution is 0.470. The van der Waals surface area contributed by atoms with E-state index >= 15 is 0 Å². The van der Waals surface area contributed by atoms with Crippen LogP contribution in [0.4, 0.5) is 5.69 Å². The number of rotatable bonds is 3. The summed E-state index contributed by atoms with van der Waals surface area (Å²) in [5.74, 6) is 0.926. The Hall–Kier alpha value is -1.22. The van der Waals surface area contributed by atoms with Gasteiger partial charge in [-0.3, -0.25) is 0 Å². The highest BCUT2D eigenvalue weighted by Crippen LogP contribution is 2.32. The maximum absolute atomic E-state index is 5.60. The minimum atomic E-state index is 0.118. The molecule has 102 valence electrons. The first kappa shape index (κ1) is 14.2. The Bertz CT molecular complexity index is 554. The number of hydrogen-bond acceptors (Lipinski definition) is 2. The van der Waals surface area contributed by atoms with Crippen molar-refractivity contribution in [2.75, 3.05) is 5.32 Å². The van der Waals surface area contributed by atoms with Crippen molar-refractivity contribution in [1.82, 2.24) is 0 Å². The van der Waals surface area contributed by atoms with Gasteiger partial charge in [-0.2, -0.15) is 0 Å². The van der Waals surface area contributed by atoms with Crippen molar-refractivity contribution in [1.29, 1.82) is 0 Å². The molecule has 0 aliphatic carbocycles. The van der Waals surface area contributed by atoms with Crippen LogP contribution in [0, 0.1) is 0 Å². The van der Waals surface area contributed by atoms with E-state index in [2.05, 4.69) is 73.2 Å². The van der Waals surface area contributed by atoms with Crippen LogP contribution in [0.2, 0.25) is 0 Å². The quantitative estimate of drug-likeness (QED) is 0.806. The minimum Gasteiger partial charge on any atom is -0.452 e. The van der Waals surface area contributed by atoms with Crippen molar-refractivity contribution in [3.63, 3.8) is 0 Å². The molecule has 0 saturated carbocycles. The Kier molecular flexibility index (Phi) is 4.04. The number of anilines is 1. The lowest BCUT2D eigenvalue weighted by Gasteiger charge is -2.25. The van der Waals surface area contributed by atoms with Gasteiger partial charge in [0.25, 0.3) is 0 Å². The van der Waals surface area contributed by atoms with Crippen LogP contribution < -0.4 is 5.32 Å². The van der Waals surface area contributed by atoms with Crippen LogP contribution in [0.5, 0.6) is 0 Å². The van der Waals surface area contributed by atoms with Gasteiger partial charge in [-0.15, -0.1) is 0 Å². The second kappa shape index (κ2) is 5.41. The average molecular weight is 322 g/mol. The molecular weight excluding hydrogens is 302 g/mol. The second-order valence-corrected chi connectivity index (χ2v) is 6.59. The van der Waals surface area contributed by atoms with Gasteiger partial charge in [0.05, 0.1) is 6.04 Å². The molecule has 0 amide bonds. The van der Waals surface area contributed by atoms with Gasteiger partial charge in [0.2, 0.25) is 0 Å². The van der Waals surface area contributed by atoms with Gasteiger partial charge >= 0.3 is 0 Å². The first-order valence-electron chi connectivity index (χ1n) is 6.49. The van der Waals surface area contributed by atoms with Crippen LogP contribution in [0.3, 0.4) is 0 Å². The predicted octanol–water partition coefficient (Wildman–Crippen LogP) is 5.51. The summed E-state index contributed by atoms with van der Waals surface area (Å²) in [7, 11) is 0. The number of hydrogen-bond donors (Lipinski definition) is 1. The van der Waals surface area contributed by atoms with Gasteiger partial charge < -0.3 is 9.73 Å². The molecule has 0 aliphatic rings. The molecule has 0 aliphatic heterocycles. The van der Waals surface area contributed by atoms with E-state index in [-0.39, 0.29) is 11.5 Å². The summed E-state index contributed by atoms with van der Waals surface area (Å²) < 4.78 is 6.36. The molecule has 1 heterocycles. The highest BCUT2D eigenvalue weighted by molar-refractivity contribution is 9.10. The fraction of sp³-hybridized carbons (Fsp3) is 0.375. The van der Waals surface area contributed by atoms with Crippen molar-refractivity contribution in [3.8, 4) is 0 Å². The number of halogens is 1. The average Bonchev–Trinajstić information content (AvgIpc) is 2.75. The summed E-state index contributed by atoms with van der Waals surface area (Å²) in [6, 6.07) is 12.5. The van der Waals surface area contributed by atoms with Crippen molar-refractivity contribution in [3.05, 3.63) is 52.4 Å². The third-order valence-electron chi connectivity index (χ3n) is 3.13. The summed E-state index contributed by atoms with van der Waals surface area (Å²) in [5, 5.41) is 3.53. The molecule has 1 aromatic heterocycles. The molecule has 1 atom stereocenters.